The SMILES string of the molecule is COC(=O)c1cnc(-c2cc(C)sc2C)s1. The first-order valence-corrected chi connectivity index (χ1v) is 6.36. The zero-order chi connectivity index (χ0) is 11.7. The van der Waals surface area contributed by atoms with Crippen LogP contribution in [0.2, 0.25) is 0 Å². The van der Waals surface area contributed by atoms with Crippen LogP contribution in [-0.4, -0.2) is 18.1 Å². The topological polar surface area (TPSA) is 39.2 Å². The Balaban J connectivity index is 2.38. The highest BCUT2D eigenvalue weighted by Gasteiger charge is 2.14. The van der Waals surface area contributed by atoms with Gasteiger partial charge in [-0.05, 0) is 19.9 Å². The molecule has 0 saturated carbocycles. The van der Waals surface area contributed by atoms with Crippen LogP contribution in [0.15, 0.2) is 12.3 Å². The Morgan fingerprint density at radius 3 is 2.69 bits per heavy atom. The molecule has 0 N–H and O–H groups in total. The second-order valence-electron chi connectivity index (χ2n) is 3.35. The van der Waals surface area contributed by atoms with Gasteiger partial charge in [0.1, 0.15) is 9.88 Å². The van der Waals surface area contributed by atoms with Gasteiger partial charge in [-0.25, -0.2) is 9.78 Å². The third-order valence-electron chi connectivity index (χ3n) is 2.16. The Morgan fingerprint density at radius 1 is 1.38 bits per heavy atom. The van der Waals surface area contributed by atoms with Crippen LogP contribution in [0.3, 0.4) is 0 Å². The highest BCUT2D eigenvalue weighted by molar-refractivity contribution is 7.17. The molecule has 0 bridgehead atoms. The third kappa shape index (κ3) is 2.01. The standard InChI is InChI=1S/C11H11NO2S2/c1-6-4-8(7(2)15-6)10-12-5-9(16-10)11(13)14-3/h4-5H,1-3H3. The van der Waals surface area contributed by atoms with Crippen LogP contribution in [0.1, 0.15) is 19.4 Å². The fourth-order valence-electron chi connectivity index (χ4n) is 1.44. The number of methoxy groups -OCH3 is 1. The molecule has 16 heavy (non-hydrogen) atoms. The number of thiazole rings is 1. The average molecular weight is 253 g/mol. The van der Waals surface area contributed by atoms with E-state index >= 15 is 0 Å². The van der Waals surface area contributed by atoms with E-state index in [-0.39, 0.29) is 5.97 Å². The number of aromatic nitrogens is 1. The van der Waals surface area contributed by atoms with Crippen molar-refractivity contribution in [2.75, 3.05) is 7.11 Å². The Hall–Kier alpha value is -1.20. The number of nitrogens with zero attached hydrogens (tertiary/aromatic N) is 1. The minimum Gasteiger partial charge on any atom is -0.465 e. The van der Waals surface area contributed by atoms with Crippen LogP contribution < -0.4 is 0 Å². The lowest BCUT2D eigenvalue weighted by atomic mass is 10.2. The highest BCUT2D eigenvalue weighted by Crippen LogP contribution is 2.33. The Morgan fingerprint density at radius 2 is 2.12 bits per heavy atom. The van der Waals surface area contributed by atoms with Gasteiger partial charge in [-0.3, -0.25) is 0 Å². The zero-order valence-electron chi connectivity index (χ0n) is 9.23. The first-order chi connectivity index (χ1) is 7.61. The molecular weight excluding hydrogens is 242 g/mol. The zero-order valence-corrected chi connectivity index (χ0v) is 10.9. The summed E-state index contributed by atoms with van der Waals surface area (Å²) in [7, 11) is 1.38. The van der Waals surface area contributed by atoms with Crippen LogP contribution in [-0.2, 0) is 4.74 Å². The Labute approximate surface area is 102 Å². The van der Waals surface area contributed by atoms with Gasteiger partial charge in [0, 0.05) is 15.3 Å². The van der Waals surface area contributed by atoms with E-state index in [1.807, 2.05) is 0 Å². The molecular formula is C11H11NO2S2. The Kier molecular flexibility index (Phi) is 3.07. The van der Waals surface area contributed by atoms with Crippen molar-refractivity contribution in [3.8, 4) is 10.6 Å². The molecule has 0 aliphatic heterocycles. The van der Waals surface area contributed by atoms with Crippen molar-refractivity contribution >= 4 is 28.6 Å². The van der Waals surface area contributed by atoms with Crippen molar-refractivity contribution in [1.29, 1.82) is 0 Å². The van der Waals surface area contributed by atoms with Crippen molar-refractivity contribution in [2.45, 2.75) is 13.8 Å². The summed E-state index contributed by atoms with van der Waals surface area (Å²) in [5.41, 5.74) is 1.11. The van der Waals surface area contributed by atoms with Gasteiger partial charge >= 0.3 is 5.97 Å². The van der Waals surface area contributed by atoms with Crippen LogP contribution in [0.5, 0.6) is 0 Å². The van der Waals surface area contributed by atoms with E-state index in [0.717, 1.165) is 10.6 Å². The number of esters is 1. The molecule has 0 amide bonds. The molecule has 0 fully saturated rings. The molecule has 0 aromatic carbocycles. The smallest absolute Gasteiger partial charge is 0.349 e. The molecule has 0 aliphatic rings. The van der Waals surface area contributed by atoms with Crippen molar-refractivity contribution < 1.29 is 9.53 Å². The number of rotatable bonds is 2. The van der Waals surface area contributed by atoms with E-state index in [1.54, 1.807) is 17.5 Å². The summed E-state index contributed by atoms with van der Waals surface area (Å²) in [6, 6.07) is 2.10. The maximum absolute atomic E-state index is 11.3. The first-order valence-electron chi connectivity index (χ1n) is 4.73. The number of hydrogen-bond acceptors (Lipinski definition) is 5. The second-order valence-corrected chi connectivity index (χ2v) is 5.84. The molecule has 2 rings (SSSR count). The van der Waals surface area contributed by atoms with Crippen molar-refractivity contribution in [3.05, 3.63) is 26.9 Å². The van der Waals surface area contributed by atoms with Gasteiger partial charge in [0.15, 0.2) is 0 Å². The second kappa shape index (κ2) is 4.35. The van der Waals surface area contributed by atoms with Crippen LogP contribution in [0, 0.1) is 13.8 Å². The number of carbonyl (C=O) groups is 1. The predicted molar refractivity (Wildman–Crippen MR) is 66.2 cm³/mol. The normalized spacial score (nSPS) is 10.4. The molecule has 0 unspecified atom stereocenters. The molecule has 0 aliphatic carbocycles. The summed E-state index contributed by atoms with van der Waals surface area (Å²) in [5, 5.41) is 0.877. The summed E-state index contributed by atoms with van der Waals surface area (Å²) in [6.07, 6.45) is 1.57. The summed E-state index contributed by atoms with van der Waals surface area (Å²) in [6.45, 7) is 4.13. The van der Waals surface area contributed by atoms with E-state index in [9.17, 15) is 4.79 Å². The van der Waals surface area contributed by atoms with E-state index < -0.39 is 0 Å². The molecule has 2 aromatic rings. The summed E-state index contributed by atoms with van der Waals surface area (Å²) in [4.78, 5) is 18.6. The molecule has 5 heteroatoms. The molecule has 0 spiro atoms. The molecule has 3 nitrogen and oxygen atoms in total. The summed E-state index contributed by atoms with van der Waals surface area (Å²) < 4.78 is 4.65. The van der Waals surface area contributed by atoms with Gasteiger partial charge in [0.05, 0.1) is 13.3 Å². The molecule has 0 radical (unpaired) electrons. The van der Waals surface area contributed by atoms with Gasteiger partial charge < -0.3 is 4.74 Å². The number of hydrogen-bond donors (Lipinski definition) is 0. The molecule has 0 atom stereocenters. The third-order valence-corrected chi connectivity index (χ3v) is 4.14. The minimum atomic E-state index is -0.326. The number of thiophene rings is 1. The predicted octanol–water partition coefficient (Wildman–Crippen LogP) is 3.28. The fraction of sp³-hybridized carbons (Fsp3) is 0.273. The number of ether oxygens (including phenoxy) is 1. The average Bonchev–Trinajstić information content (AvgIpc) is 2.83. The molecule has 0 saturated heterocycles. The van der Waals surface area contributed by atoms with Crippen LogP contribution >= 0.6 is 22.7 Å². The largest absolute Gasteiger partial charge is 0.465 e. The van der Waals surface area contributed by atoms with E-state index in [1.165, 1.54) is 28.2 Å². The van der Waals surface area contributed by atoms with Crippen molar-refractivity contribution in [3.63, 3.8) is 0 Å². The minimum absolute atomic E-state index is 0.326. The van der Waals surface area contributed by atoms with Gasteiger partial charge in [0.25, 0.3) is 0 Å². The Bertz CT molecular complexity index is 528. The molecule has 84 valence electrons. The monoisotopic (exact) mass is 253 g/mol. The van der Waals surface area contributed by atoms with Crippen LogP contribution in [0.4, 0.5) is 0 Å². The van der Waals surface area contributed by atoms with Gasteiger partial charge in [-0.1, -0.05) is 0 Å². The fourth-order valence-corrected chi connectivity index (χ4v) is 3.33. The van der Waals surface area contributed by atoms with Crippen molar-refractivity contribution in [1.82, 2.24) is 4.98 Å². The lowest BCUT2D eigenvalue weighted by molar-refractivity contribution is 0.0606. The summed E-state index contributed by atoms with van der Waals surface area (Å²) >= 11 is 3.11. The highest BCUT2D eigenvalue weighted by atomic mass is 32.1. The maximum Gasteiger partial charge on any atom is 0.349 e. The molecule has 2 aromatic heterocycles. The van der Waals surface area contributed by atoms with Crippen molar-refractivity contribution in [2.24, 2.45) is 0 Å². The maximum atomic E-state index is 11.3. The van der Waals surface area contributed by atoms with E-state index in [2.05, 4.69) is 29.6 Å². The number of carbonyl (C=O) groups excluding carboxylic acids is 1. The lowest BCUT2D eigenvalue weighted by Gasteiger charge is -1.92. The quantitative estimate of drug-likeness (QED) is 0.771. The number of aryl methyl sites for hydroxylation is 2. The summed E-state index contributed by atoms with van der Waals surface area (Å²) in [5.74, 6) is -0.326. The first kappa shape index (κ1) is 11.3. The van der Waals surface area contributed by atoms with Crippen LogP contribution in [0.25, 0.3) is 10.6 Å². The lowest BCUT2D eigenvalue weighted by Crippen LogP contribution is -1.96. The molecule has 2 heterocycles. The van der Waals surface area contributed by atoms with Gasteiger partial charge in [0.2, 0.25) is 0 Å². The van der Waals surface area contributed by atoms with Gasteiger partial charge in [-0.2, -0.15) is 0 Å². The van der Waals surface area contributed by atoms with E-state index in [0.29, 0.717) is 4.88 Å². The van der Waals surface area contributed by atoms with E-state index in [4.69, 9.17) is 0 Å². The van der Waals surface area contributed by atoms with Gasteiger partial charge in [-0.15, -0.1) is 22.7 Å².